The number of thioether (sulfide) groups is 1. The number of carbonyl (C=O) groups excluding carboxylic acids is 1. The summed E-state index contributed by atoms with van der Waals surface area (Å²) in [5.74, 6) is -0.760. The average molecular weight is 476 g/mol. The molecular weight excluding hydrogens is 450 g/mol. The third kappa shape index (κ3) is 3.83. The van der Waals surface area contributed by atoms with E-state index in [4.69, 9.17) is 10.7 Å². The van der Waals surface area contributed by atoms with E-state index in [1.165, 1.54) is 9.44 Å². The summed E-state index contributed by atoms with van der Waals surface area (Å²) < 4.78 is 2.82. The van der Waals surface area contributed by atoms with Crippen molar-refractivity contribution in [2.75, 3.05) is 11.5 Å². The number of nitrogens with two attached hydrogens (primary N) is 1. The first kappa shape index (κ1) is 22.5. The summed E-state index contributed by atoms with van der Waals surface area (Å²) in [6.45, 7) is 4.63. The molecule has 1 aliphatic carbocycles. The number of hydrogen-bond donors (Lipinski definition) is 2. The number of thiophene rings is 1. The largest absolute Gasteiger partial charge is 0.384 e. The molecule has 170 valence electrons. The van der Waals surface area contributed by atoms with Crippen molar-refractivity contribution >= 4 is 44.9 Å². The fourth-order valence-corrected chi connectivity index (χ4v) is 6.29. The number of ketones is 1. The first-order valence-corrected chi connectivity index (χ1v) is 12.5. The number of aromatic amines is 1. The van der Waals surface area contributed by atoms with Gasteiger partial charge in [-0.25, -0.2) is 9.78 Å². The average Bonchev–Trinajstić information content (AvgIpc) is 3.32. The van der Waals surface area contributed by atoms with Crippen molar-refractivity contribution in [3.8, 4) is 0 Å². The minimum atomic E-state index is -0.797. The van der Waals surface area contributed by atoms with E-state index >= 15 is 0 Å². The van der Waals surface area contributed by atoms with Gasteiger partial charge in [0, 0.05) is 18.0 Å². The van der Waals surface area contributed by atoms with Crippen LogP contribution in [0.2, 0.25) is 0 Å². The molecule has 3 aromatic heterocycles. The third-order valence-electron chi connectivity index (χ3n) is 5.54. The Morgan fingerprint density at radius 2 is 1.88 bits per heavy atom. The van der Waals surface area contributed by atoms with Gasteiger partial charge in [-0.1, -0.05) is 25.6 Å². The second-order valence-corrected chi connectivity index (χ2v) is 9.80. The molecule has 0 atom stereocenters. The van der Waals surface area contributed by atoms with E-state index in [0.29, 0.717) is 34.9 Å². The molecule has 0 aliphatic heterocycles. The van der Waals surface area contributed by atoms with Crippen molar-refractivity contribution in [1.82, 2.24) is 19.1 Å². The number of Topliss-reactive ketones (excluding diaryl/α,β-unsaturated/α-hetero) is 1. The van der Waals surface area contributed by atoms with Crippen molar-refractivity contribution < 1.29 is 4.79 Å². The fourth-order valence-electron chi connectivity index (χ4n) is 4.09. The number of H-pyrrole nitrogens is 1. The lowest BCUT2D eigenvalue weighted by molar-refractivity contribution is 0.102. The Kier molecular flexibility index (Phi) is 6.38. The molecule has 0 amide bonds. The first-order chi connectivity index (χ1) is 15.4. The highest BCUT2D eigenvalue weighted by Gasteiger charge is 2.24. The molecule has 0 spiro atoms. The van der Waals surface area contributed by atoms with E-state index in [9.17, 15) is 19.2 Å². The van der Waals surface area contributed by atoms with Crippen LogP contribution in [0.25, 0.3) is 10.2 Å². The molecule has 0 aromatic carbocycles. The Bertz CT molecular complexity index is 1380. The maximum absolute atomic E-state index is 13.3. The highest BCUT2D eigenvalue weighted by Crippen LogP contribution is 2.35. The molecule has 32 heavy (non-hydrogen) atoms. The van der Waals surface area contributed by atoms with Gasteiger partial charge in [0.15, 0.2) is 10.9 Å². The zero-order chi connectivity index (χ0) is 23.0. The molecule has 9 nitrogen and oxygen atoms in total. The minimum Gasteiger partial charge on any atom is -0.384 e. The Morgan fingerprint density at radius 3 is 2.59 bits per heavy atom. The molecule has 0 unspecified atom stereocenters. The summed E-state index contributed by atoms with van der Waals surface area (Å²) in [6, 6.07) is 0. The summed E-state index contributed by atoms with van der Waals surface area (Å²) in [6.07, 6.45) is 4.30. The molecule has 1 aliphatic rings. The molecule has 3 aromatic rings. The van der Waals surface area contributed by atoms with Crippen molar-refractivity contribution in [1.29, 1.82) is 0 Å². The number of nitrogen functional groups attached to an aromatic ring is 1. The second kappa shape index (κ2) is 9.07. The van der Waals surface area contributed by atoms with Gasteiger partial charge in [-0.05, 0) is 37.7 Å². The van der Waals surface area contributed by atoms with Crippen LogP contribution in [0.1, 0.15) is 53.9 Å². The highest BCUT2D eigenvalue weighted by atomic mass is 32.2. The Labute approximate surface area is 191 Å². The van der Waals surface area contributed by atoms with Crippen LogP contribution in [-0.2, 0) is 25.9 Å². The van der Waals surface area contributed by atoms with E-state index in [0.717, 1.165) is 43.0 Å². The third-order valence-corrected chi connectivity index (χ3v) is 7.70. The number of carbonyl (C=O) groups is 1. The van der Waals surface area contributed by atoms with Crippen LogP contribution in [0.3, 0.4) is 0 Å². The summed E-state index contributed by atoms with van der Waals surface area (Å²) in [5, 5.41) is 1.16. The maximum Gasteiger partial charge on any atom is 0.329 e. The van der Waals surface area contributed by atoms with Gasteiger partial charge in [-0.15, -0.1) is 11.3 Å². The molecule has 0 bridgehead atoms. The van der Waals surface area contributed by atoms with Gasteiger partial charge in [-0.2, -0.15) is 0 Å². The fraction of sp³-hybridized carbons (Fsp3) is 0.476. The zero-order valence-corrected chi connectivity index (χ0v) is 19.7. The topological polar surface area (TPSA) is 133 Å². The van der Waals surface area contributed by atoms with Gasteiger partial charge in [-0.3, -0.25) is 28.5 Å². The molecule has 0 radical (unpaired) electrons. The van der Waals surface area contributed by atoms with Gasteiger partial charge in [0.05, 0.1) is 11.1 Å². The van der Waals surface area contributed by atoms with E-state index in [1.54, 1.807) is 15.9 Å². The molecule has 0 saturated heterocycles. The molecule has 3 heterocycles. The van der Waals surface area contributed by atoms with Gasteiger partial charge in [0.25, 0.3) is 11.1 Å². The number of aryl methyl sites for hydroxylation is 2. The first-order valence-electron chi connectivity index (χ1n) is 10.7. The predicted molar refractivity (Wildman–Crippen MR) is 127 cm³/mol. The molecule has 11 heteroatoms. The lowest BCUT2D eigenvalue weighted by atomic mass is 10.2. The van der Waals surface area contributed by atoms with Crippen LogP contribution in [0, 0.1) is 0 Å². The number of rotatable bonds is 8. The minimum absolute atomic E-state index is 0.0694. The maximum atomic E-state index is 13.3. The van der Waals surface area contributed by atoms with Gasteiger partial charge >= 0.3 is 5.69 Å². The van der Waals surface area contributed by atoms with Gasteiger partial charge < -0.3 is 5.73 Å². The summed E-state index contributed by atoms with van der Waals surface area (Å²) in [4.78, 5) is 59.3. The molecule has 0 saturated carbocycles. The lowest BCUT2D eigenvalue weighted by Gasteiger charge is -2.13. The van der Waals surface area contributed by atoms with Crippen LogP contribution < -0.4 is 22.5 Å². The van der Waals surface area contributed by atoms with E-state index < -0.39 is 17.0 Å². The summed E-state index contributed by atoms with van der Waals surface area (Å²) >= 11 is 2.66. The number of hydrogen-bond acceptors (Lipinski definition) is 8. The van der Waals surface area contributed by atoms with Crippen LogP contribution in [0.5, 0.6) is 0 Å². The quantitative estimate of drug-likeness (QED) is 0.290. The van der Waals surface area contributed by atoms with Crippen LogP contribution in [0.4, 0.5) is 5.82 Å². The smallest absolute Gasteiger partial charge is 0.329 e. The summed E-state index contributed by atoms with van der Waals surface area (Å²) in [5.41, 5.74) is 5.40. The predicted octanol–water partition coefficient (Wildman–Crippen LogP) is 2.17. The Hall–Kier alpha value is -2.66. The monoisotopic (exact) mass is 475 g/mol. The Morgan fingerprint density at radius 1 is 1.16 bits per heavy atom. The molecule has 3 N–H and O–H groups in total. The highest BCUT2D eigenvalue weighted by molar-refractivity contribution is 7.99. The van der Waals surface area contributed by atoms with Gasteiger partial charge in [0.2, 0.25) is 0 Å². The number of nitrogens with zero attached hydrogens (tertiary/aromatic N) is 3. The van der Waals surface area contributed by atoms with E-state index in [2.05, 4.69) is 4.98 Å². The number of nitrogens with one attached hydrogen (secondary N) is 1. The van der Waals surface area contributed by atoms with Crippen LogP contribution in [-0.4, -0.2) is 30.6 Å². The second-order valence-electron chi connectivity index (χ2n) is 7.77. The van der Waals surface area contributed by atoms with Crippen LogP contribution in [0.15, 0.2) is 19.5 Å². The number of anilines is 1. The molecule has 0 fully saturated rings. The zero-order valence-electron chi connectivity index (χ0n) is 18.0. The van der Waals surface area contributed by atoms with Crippen molar-refractivity contribution in [3.63, 3.8) is 0 Å². The van der Waals surface area contributed by atoms with E-state index in [-0.39, 0.29) is 22.7 Å². The summed E-state index contributed by atoms with van der Waals surface area (Å²) in [7, 11) is 0. The van der Waals surface area contributed by atoms with Crippen molar-refractivity contribution in [3.05, 3.63) is 47.2 Å². The SMILES string of the molecule is CCCn1c(N)c(C(=O)CSc2nc3sc4c(c3c(=O)n2CCC)CCC4)c(=O)[nH]c1=O. The standard InChI is InChI=1S/C21H25N5O4S2/c1-3-8-25-16(22)15(17(28)23-20(25)30)12(27)10-31-21-24-18-14(19(29)26(21)9-4-2)11-6-5-7-13(11)32-18/h3-10,22H2,1-2H3,(H,23,28,30). The van der Waals surface area contributed by atoms with Crippen molar-refractivity contribution in [2.45, 2.75) is 64.2 Å². The molecule has 4 rings (SSSR count). The van der Waals surface area contributed by atoms with Crippen molar-refractivity contribution in [2.24, 2.45) is 0 Å². The number of aromatic nitrogens is 4. The number of fused-ring (bicyclic) bond motifs is 3. The van der Waals surface area contributed by atoms with E-state index in [1.807, 2.05) is 13.8 Å². The molecular formula is C21H25N5O4S2. The normalized spacial score (nSPS) is 13.1. The lowest BCUT2D eigenvalue weighted by Crippen LogP contribution is -2.36. The van der Waals surface area contributed by atoms with Crippen LogP contribution >= 0.6 is 23.1 Å². The van der Waals surface area contributed by atoms with Gasteiger partial charge in [0.1, 0.15) is 16.2 Å². The Balaban J connectivity index is 1.69.